The van der Waals surface area contributed by atoms with Crippen molar-refractivity contribution in [2.24, 2.45) is 5.92 Å². The molecular formula is C42H86. The lowest BCUT2D eigenvalue weighted by atomic mass is 9.89. The van der Waals surface area contributed by atoms with E-state index >= 15 is 0 Å². The minimum Gasteiger partial charge on any atom is -0.0654 e. The Kier molecular flexibility index (Phi) is 39.0. The van der Waals surface area contributed by atoms with Crippen molar-refractivity contribution in [1.29, 1.82) is 0 Å². The number of rotatable bonds is 38. The third kappa shape index (κ3) is 36.2. The molecule has 0 radical (unpaired) electrons. The summed E-state index contributed by atoms with van der Waals surface area (Å²) in [6.07, 6.45) is 56.3. The molecule has 0 aromatic carbocycles. The quantitative estimate of drug-likeness (QED) is 0.0627. The standard InChI is InChI=1S/C42H86/c1-4-7-10-13-15-17-19-21-23-25-27-29-31-33-35-38-41-42(39-36-12-9-6-3)40-37-34-32-30-28-26-24-22-20-18-16-14-11-8-5-2/h42H,4-41H2,1-3H3. The largest absolute Gasteiger partial charge is 0.0654 e. The molecule has 0 N–H and O–H groups in total. The summed E-state index contributed by atoms with van der Waals surface area (Å²) in [6, 6.07) is 0. The second kappa shape index (κ2) is 39.0. The Bertz CT molecular complexity index is 439. The van der Waals surface area contributed by atoms with Gasteiger partial charge in [0.15, 0.2) is 0 Å². The van der Waals surface area contributed by atoms with Crippen molar-refractivity contribution in [3.8, 4) is 0 Å². The first kappa shape index (κ1) is 42.0. The monoisotopic (exact) mass is 591 g/mol. The first-order chi connectivity index (χ1) is 20.8. The van der Waals surface area contributed by atoms with Gasteiger partial charge in [0.1, 0.15) is 0 Å². The van der Waals surface area contributed by atoms with Gasteiger partial charge in [0, 0.05) is 0 Å². The van der Waals surface area contributed by atoms with Crippen LogP contribution in [0.5, 0.6) is 0 Å². The minimum atomic E-state index is 1.04. The molecule has 0 aliphatic heterocycles. The van der Waals surface area contributed by atoms with E-state index in [2.05, 4.69) is 20.8 Å². The summed E-state index contributed by atoms with van der Waals surface area (Å²) in [5, 5.41) is 0. The third-order valence-electron chi connectivity index (χ3n) is 10.1. The molecule has 0 heterocycles. The molecule has 0 saturated heterocycles. The van der Waals surface area contributed by atoms with Gasteiger partial charge in [0.05, 0.1) is 0 Å². The molecule has 0 saturated carbocycles. The molecule has 0 aliphatic rings. The Labute approximate surface area is 270 Å². The Balaban J connectivity index is 3.60. The summed E-state index contributed by atoms with van der Waals surface area (Å²) in [5.41, 5.74) is 0. The van der Waals surface area contributed by atoms with Crippen LogP contribution in [0.2, 0.25) is 0 Å². The highest BCUT2D eigenvalue weighted by Gasteiger charge is 2.09. The van der Waals surface area contributed by atoms with Gasteiger partial charge >= 0.3 is 0 Å². The number of hydrogen-bond donors (Lipinski definition) is 0. The molecule has 0 fully saturated rings. The molecule has 0 heteroatoms. The predicted molar refractivity (Wildman–Crippen MR) is 196 cm³/mol. The van der Waals surface area contributed by atoms with Gasteiger partial charge in [-0.2, -0.15) is 0 Å². The van der Waals surface area contributed by atoms with E-state index in [9.17, 15) is 0 Å². The maximum atomic E-state index is 2.35. The minimum absolute atomic E-state index is 1.04. The molecule has 0 amide bonds. The van der Waals surface area contributed by atoms with Crippen LogP contribution >= 0.6 is 0 Å². The van der Waals surface area contributed by atoms with Gasteiger partial charge in [0.2, 0.25) is 0 Å². The molecule has 42 heavy (non-hydrogen) atoms. The van der Waals surface area contributed by atoms with Gasteiger partial charge in [-0.25, -0.2) is 0 Å². The normalized spacial score (nSPS) is 12.4. The van der Waals surface area contributed by atoms with Crippen molar-refractivity contribution in [2.45, 2.75) is 265 Å². The first-order valence-corrected chi connectivity index (χ1v) is 20.8. The average molecular weight is 591 g/mol. The molecule has 0 aromatic rings. The van der Waals surface area contributed by atoms with E-state index in [1.807, 2.05) is 0 Å². The Hall–Kier alpha value is 0. The van der Waals surface area contributed by atoms with Crippen LogP contribution in [0.15, 0.2) is 0 Å². The molecule has 0 rings (SSSR count). The van der Waals surface area contributed by atoms with Crippen LogP contribution in [0.4, 0.5) is 0 Å². The summed E-state index contributed by atoms with van der Waals surface area (Å²) in [6.45, 7) is 6.98. The Morgan fingerprint density at radius 1 is 0.190 bits per heavy atom. The maximum absolute atomic E-state index is 2.35. The second-order valence-electron chi connectivity index (χ2n) is 14.5. The number of hydrogen-bond acceptors (Lipinski definition) is 0. The highest BCUT2D eigenvalue weighted by atomic mass is 14.1. The van der Waals surface area contributed by atoms with E-state index in [1.165, 1.54) is 244 Å². The SMILES string of the molecule is CCCCCCCCCCCCCCCCCCC(CCCCCC)CCCCCCCCCCCCCCCCC. The van der Waals surface area contributed by atoms with E-state index in [0.717, 1.165) is 5.92 Å². The topological polar surface area (TPSA) is 0 Å². The van der Waals surface area contributed by atoms with Gasteiger partial charge in [-0.3, -0.25) is 0 Å². The van der Waals surface area contributed by atoms with E-state index in [0.29, 0.717) is 0 Å². The van der Waals surface area contributed by atoms with Crippen molar-refractivity contribution in [3.63, 3.8) is 0 Å². The van der Waals surface area contributed by atoms with Gasteiger partial charge in [-0.1, -0.05) is 265 Å². The molecule has 0 bridgehead atoms. The Morgan fingerprint density at radius 3 is 0.524 bits per heavy atom. The molecular weight excluding hydrogens is 504 g/mol. The zero-order valence-corrected chi connectivity index (χ0v) is 30.4. The van der Waals surface area contributed by atoms with E-state index in [1.54, 1.807) is 0 Å². The highest BCUT2D eigenvalue weighted by Crippen LogP contribution is 2.25. The second-order valence-corrected chi connectivity index (χ2v) is 14.5. The molecule has 0 aromatic heterocycles. The summed E-state index contributed by atoms with van der Waals surface area (Å²) >= 11 is 0. The summed E-state index contributed by atoms with van der Waals surface area (Å²) in [7, 11) is 0. The predicted octanol–water partition coefficient (Wildman–Crippen LogP) is 16.5. The fraction of sp³-hybridized carbons (Fsp3) is 1.00. The van der Waals surface area contributed by atoms with Crippen LogP contribution in [-0.2, 0) is 0 Å². The zero-order valence-electron chi connectivity index (χ0n) is 30.4. The first-order valence-electron chi connectivity index (χ1n) is 20.8. The molecule has 1 atom stereocenters. The van der Waals surface area contributed by atoms with Crippen molar-refractivity contribution >= 4 is 0 Å². The van der Waals surface area contributed by atoms with Crippen LogP contribution in [0.3, 0.4) is 0 Å². The molecule has 0 spiro atoms. The molecule has 254 valence electrons. The number of unbranched alkanes of at least 4 members (excludes halogenated alkanes) is 32. The average Bonchev–Trinajstić information content (AvgIpc) is 3.00. The van der Waals surface area contributed by atoms with Crippen LogP contribution in [0, 0.1) is 5.92 Å². The zero-order chi connectivity index (χ0) is 30.4. The van der Waals surface area contributed by atoms with Crippen molar-refractivity contribution in [3.05, 3.63) is 0 Å². The summed E-state index contributed by atoms with van der Waals surface area (Å²) < 4.78 is 0. The third-order valence-corrected chi connectivity index (χ3v) is 10.1. The van der Waals surface area contributed by atoms with Crippen LogP contribution in [0.1, 0.15) is 265 Å². The highest BCUT2D eigenvalue weighted by molar-refractivity contribution is 4.62. The summed E-state index contributed by atoms with van der Waals surface area (Å²) in [5.74, 6) is 1.04. The van der Waals surface area contributed by atoms with Crippen molar-refractivity contribution in [1.82, 2.24) is 0 Å². The van der Waals surface area contributed by atoms with Crippen LogP contribution in [-0.4, -0.2) is 0 Å². The van der Waals surface area contributed by atoms with E-state index in [-0.39, 0.29) is 0 Å². The lowest BCUT2D eigenvalue weighted by molar-refractivity contribution is 0.366. The Morgan fingerprint density at radius 2 is 0.333 bits per heavy atom. The summed E-state index contributed by atoms with van der Waals surface area (Å²) in [4.78, 5) is 0. The van der Waals surface area contributed by atoms with Gasteiger partial charge in [-0.05, 0) is 5.92 Å². The maximum Gasteiger partial charge on any atom is -0.0414 e. The lowest BCUT2D eigenvalue weighted by Gasteiger charge is -2.17. The molecule has 0 aliphatic carbocycles. The van der Waals surface area contributed by atoms with Gasteiger partial charge in [-0.15, -0.1) is 0 Å². The van der Waals surface area contributed by atoms with Crippen molar-refractivity contribution in [2.75, 3.05) is 0 Å². The van der Waals surface area contributed by atoms with Crippen LogP contribution in [0.25, 0.3) is 0 Å². The van der Waals surface area contributed by atoms with Gasteiger partial charge < -0.3 is 0 Å². The van der Waals surface area contributed by atoms with Gasteiger partial charge in [0.25, 0.3) is 0 Å². The van der Waals surface area contributed by atoms with E-state index in [4.69, 9.17) is 0 Å². The van der Waals surface area contributed by atoms with E-state index < -0.39 is 0 Å². The lowest BCUT2D eigenvalue weighted by Crippen LogP contribution is -2.01. The smallest absolute Gasteiger partial charge is 0.0414 e. The fourth-order valence-electron chi connectivity index (χ4n) is 7.08. The molecule has 1 unspecified atom stereocenters. The van der Waals surface area contributed by atoms with Crippen molar-refractivity contribution < 1.29 is 0 Å². The fourth-order valence-corrected chi connectivity index (χ4v) is 7.08. The van der Waals surface area contributed by atoms with Crippen LogP contribution < -0.4 is 0 Å². The molecule has 0 nitrogen and oxygen atoms in total.